The van der Waals surface area contributed by atoms with Crippen LogP contribution in [-0.4, -0.2) is 53.6 Å². The number of aliphatic hydroxyl groups excluding tert-OH is 2. The van der Waals surface area contributed by atoms with E-state index in [-0.39, 0.29) is 6.10 Å². The molecular formula is C20H27NO3. The van der Waals surface area contributed by atoms with Gasteiger partial charge in [0.2, 0.25) is 0 Å². The molecule has 2 atom stereocenters. The molecule has 0 saturated carbocycles. The third kappa shape index (κ3) is 4.26. The summed E-state index contributed by atoms with van der Waals surface area (Å²) in [5.41, 5.74) is 0. The van der Waals surface area contributed by atoms with E-state index in [9.17, 15) is 10.2 Å². The Morgan fingerprint density at radius 3 is 2.54 bits per heavy atom. The van der Waals surface area contributed by atoms with Crippen molar-refractivity contribution in [1.29, 1.82) is 0 Å². The molecule has 1 fully saturated rings. The second-order valence-corrected chi connectivity index (χ2v) is 6.82. The van der Waals surface area contributed by atoms with Crippen LogP contribution >= 0.6 is 0 Å². The zero-order chi connectivity index (χ0) is 16.9. The first-order chi connectivity index (χ1) is 11.6. The molecule has 0 bridgehead atoms. The van der Waals surface area contributed by atoms with Gasteiger partial charge in [-0.25, -0.2) is 0 Å². The Morgan fingerprint density at radius 2 is 1.79 bits per heavy atom. The first-order valence-electron chi connectivity index (χ1n) is 8.82. The van der Waals surface area contributed by atoms with Crippen LogP contribution in [-0.2, 0) is 0 Å². The SMILES string of the molecule is CC(O)C1CCN(CC(O)COc2cccc3ccccc23)CC1. The Labute approximate surface area is 143 Å². The van der Waals surface area contributed by atoms with Gasteiger partial charge in [0.15, 0.2) is 0 Å². The maximum absolute atomic E-state index is 10.3. The van der Waals surface area contributed by atoms with Crippen LogP contribution in [0.3, 0.4) is 0 Å². The molecule has 4 heteroatoms. The van der Waals surface area contributed by atoms with Gasteiger partial charge >= 0.3 is 0 Å². The summed E-state index contributed by atoms with van der Waals surface area (Å²) >= 11 is 0. The lowest BCUT2D eigenvalue weighted by Gasteiger charge is -2.34. The maximum atomic E-state index is 10.3. The molecule has 2 aromatic rings. The van der Waals surface area contributed by atoms with Crippen molar-refractivity contribution >= 4 is 10.8 Å². The molecule has 1 saturated heterocycles. The third-order valence-electron chi connectivity index (χ3n) is 4.96. The lowest BCUT2D eigenvalue weighted by molar-refractivity contribution is 0.0338. The van der Waals surface area contributed by atoms with Gasteiger partial charge in [0.1, 0.15) is 18.5 Å². The Kier molecular flexibility index (Phi) is 5.72. The van der Waals surface area contributed by atoms with E-state index < -0.39 is 6.10 Å². The molecule has 2 N–H and O–H groups in total. The summed E-state index contributed by atoms with van der Waals surface area (Å²) in [7, 11) is 0. The summed E-state index contributed by atoms with van der Waals surface area (Å²) in [6.45, 7) is 4.65. The summed E-state index contributed by atoms with van der Waals surface area (Å²) < 4.78 is 5.87. The second-order valence-electron chi connectivity index (χ2n) is 6.82. The van der Waals surface area contributed by atoms with Gasteiger partial charge in [-0.15, -0.1) is 0 Å². The fourth-order valence-electron chi connectivity index (χ4n) is 3.48. The number of rotatable bonds is 6. The minimum absolute atomic E-state index is 0.230. The summed E-state index contributed by atoms with van der Waals surface area (Å²) in [5.74, 6) is 1.21. The summed E-state index contributed by atoms with van der Waals surface area (Å²) in [6.07, 6.45) is 1.25. The molecule has 0 aromatic heterocycles. The molecule has 130 valence electrons. The summed E-state index contributed by atoms with van der Waals surface area (Å²) in [4.78, 5) is 2.26. The second kappa shape index (κ2) is 7.97. The van der Waals surface area contributed by atoms with Crippen LogP contribution in [0.15, 0.2) is 42.5 Å². The van der Waals surface area contributed by atoms with E-state index >= 15 is 0 Å². The number of likely N-dealkylation sites (tertiary alicyclic amines) is 1. The van der Waals surface area contributed by atoms with Crippen LogP contribution < -0.4 is 4.74 Å². The Balaban J connectivity index is 1.50. The molecule has 0 amide bonds. The maximum Gasteiger partial charge on any atom is 0.127 e. The van der Waals surface area contributed by atoms with Crippen molar-refractivity contribution in [2.24, 2.45) is 5.92 Å². The number of piperidine rings is 1. The Bertz CT molecular complexity index is 645. The van der Waals surface area contributed by atoms with Crippen LogP contribution in [0.1, 0.15) is 19.8 Å². The fourth-order valence-corrected chi connectivity index (χ4v) is 3.48. The Hall–Kier alpha value is -1.62. The summed E-state index contributed by atoms with van der Waals surface area (Å²) in [5, 5.41) is 22.2. The van der Waals surface area contributed by atoms with Crippen molar-refractivity contribution in [3.05, 3.63) is 42.5 Å². The van der Waals surface area contributed by atoms with Gasteiger partial charge in [0, 0.05) is 11.9 Å². The lowest BCUT2D eigenvalue weighted by atomic mass is 9.92. The van der Waals surface area contributed by atoms with Crippen LogP contribution in [0.2, 0.25) is 0 Å². The molecule has 2 aromatic carbocycles. The predicted molar refractivity (Wildman–Crippen MR) is 96.3 cm³/mol. The van der Waals surface area contributed by atoms with Gasteiger partial charge in [0.25, 0.3) is 0 Å². The number of aliphatic hydroxyl groups is 2. The van der Waals surface area contributed by atoms with Gasteiger partial charge in [-0.1, -0.05) is 36.4 Å². The zero-order valence-corrected chi connectivity index (χ0v) is 14.3. The monoisotopic (exact) mass is 329 g/mol. The molecule has 2 unspecified atom stereocenters. The lowest BCUT2D eigenvalue weighted by Crippen LogP contribution is -2.42. The van der Waals surface area contributed by atoms with Crippen molar-refractivity contribution in [3.8, 4) is 5.75 Å². The highest BCUT2D eigenvalue weighted by Crippen LogP contribution is 2.25. The first kappa shape index (κ1) is 17.2. The molecule has 24 heavy (non-hydrogen) atoms. The van der Waals surface area contributed by atoms with Gasteiger partial charge in [-0.3, -0.25) is 0 Å². The number of fused-ring (bicyclic) bond motifs is 1. The molecule has 0 spiro atoms. The molecule has 0 radical (unpaired) electrons. The smallest absolute Gasteiger partial charge is 0.127 e. The normalized spacial score (nSPS) is 19.3. The number of hydrogen-bond acceptors (Lipinski definition) is 4. The predicted octanol–water partition coefficient (Wildman–Crippen LogP) is 2.67. The van der Waals surface area contributed by atoms with E-state index in [1.165, 1.54) is 0 Å². The number of hydrogen-bond donors (Lipinski definition) is 2. The van der Waals surface area contributed by atoms with Gasteiger partial charge in [-0.05, 0) is 50.2 Å². The zero-order valence-electron chi connectivity index (χ0n) is 14.3. The summed E-state index contributed by atoms with van der Waals surface area (Å²) in [6, 6.07) is 14.1. The number of benzene rings is 2. The van der Waals surface area contributed by atoms with Crippen molar-refractivity contribution in [1.82, 2.24) is 4.90 Å². The fraction of sp³-hybridized carbons (Fsp3) is 0.500. The minimum atomic E-state index is -0.507. The van der Waals surface area contributed by atoms with Crippen LogP contribution in [0.4, 0.5) is 0 Å². The molecule has 4 nitrogen and oxygen atoms in total. The Morgan fingerprint density at radius 1 is 1.08 bits per heavy atom. The van der Waals surface area contributed by atoms with Crippen molar-refractivity contribution in [2.45, 2.75) is 32.0 Å². The van der Waals surface area contributed by atoms with Crippen LogP contribution in [0.25, 0.3) is 10.8 Å². The molecule has 1 heterocycles. The van der Waals surface area contributed by atoms with Gasteiger partial charge in [0.05, 0.1) is 6.10 Å². The first-order valence-corrected chi connectivity index (χ1v) is 8.82. The number of nitrogens with zero attached hydrogens (tertiary/aromatic N) is 1. The highest BCUT2D eigenvalue weighted by atomic mass is 16.5. The average Bonchev–Trinajstić information content (AvgIpc) is 2.60. The van der Waals surface area contributed by atoms with E-state index in [1.807, 2.05) is 37.3 Å². The van der Waals surface area contributed by atoms with E-state index in [1.54, 1.807) is 0 Å². The van der Waals surface area contributed by atoms with E-state index in [0.717, 1.165) is 42.5 Å². The van der Waals surface area contributed by atoms with Crippen LogP contribution in [0, 0.1) is 5.92 Å². The van der Waals surface area contributed by atoms with Gasteiger partial charge in [-0.2, -0.15) is 0 Å². The topological polar surface area (TPSA) is 52.9 Å². The molecular weight excluding hydrogens is 302 g/mol. The molecule has 3 rings (SSSR count). The third-order valence-corrected chi connectivity index (χ3v) is 4.96. The number of ether oxygens (including phenoxy) is 1. The van der Waals surface area contributed by atoms with Crippen molar-refractivity contribution < 1.29 is 14.9 Å². The molecule has 1 aliphatic heterocycles. The van der Waals surface area contributed by atoms with E-state index in [4.69, 9.17) is 4.74 Å². The highest BCUT2D eigenvalue weighted by molar-refractivity contribution is 5.88. The largest absolute Gasteiger partial charge is 0.490 e. The highest BCUT2D eigenvalue weighted by Gasteiger charge is 2.23. The number of β-amino-alcohol motifs (C(OH)–C–C–N with tert-alkyl or cyclic N) is 1. The minimum Gasteiger partial charge on any atom is -0.490 e. The standard InChI is InChI=1S/C20H27NO3/c1-15(22)16-9-11-21(12-10-16)13-18(23)14-24-20-8-4-6-17-5-2-3-7-19(17)20/h2-8,15-16,18,22-23H,9-14H2,1H3. The van der Waals surface area contributed by atoms with E-state index in [2.05, 4.69) is 17.0 Å². The quantitative estimate of drug-likeness (QED) is 0.855. The average molecular weight is 329 g/mol. The molecule has 0 aliphatic carbocycles. The van der Waals surface area contributed by atoms with Crippen molar-refractivity contribution in [3.63, 3.8) is 0 Å². The van der Waals surface area contributed by atoms with E-state index in [0.29, 0.717) is 19.1 Å². The molecule has 1 aliphatic rings. The van der Waals surface area contributed by atoms with Gasteiger partial charge < -0.3 is 19.8 Å². The van der Waals surface area contributed by atoms with Crippen LogP contribution in [0.5, 0.6) is 5.75 Å². The van der Waals surface area contributed by atoms with Crippen molar-refractivity contribution in [2.75, 3.05) is 26.2 Å².